The van der Waals surface area contributed by atoms with Crippen molar-refractivity contribution in [3.05, 3.63) is 28.8 Å². The van der Waals surface area contributed by atoms with Crippen LogP contribution in [0.2, 0.25) is 5.02 Å². The van der Waals surface area contributed by atoms with Gasteiger partial charge >= 0.3 is 0 Å². The van der Waals surface area contributed by atoms with E-state index in [4.69, 9.17) is 36.0 Å². The van der Waals surface area contributed by atoms with Gasteiger partial charge in [0.15, 0.2) is 10.2 Å². The van der Waals surface area contributed by atoms with Gasteiger partial charge in [0, 0.05) is 16.8 Å². The summed E-state index contributed by atoms with van der Waals surface area (Å²) in [7, 11) is 0. The third kappa shape index (κ3) is 5.59. The Morgan fingerprint density at radius 3 is 2.45 bits per heavy atom. The highest BCUT2D eigenvalue weighted by Crippen LogP contribution is 2.19. The molecule has 1 aliphatic carbocycles. The lowest BCUT2D eigenvalue weighted by atomic mass is 9.96. The van der Waals surface area contributed by atoms with Gasteiger partial charge in [0.05, 0.1) is 0 Å². The molecule has 0 heterocycles. The van der Waals surface area contributed by atoms with Crippen molar-refractivity contribution in [2.45, 2.75) is 45.1 Å². The maximum Gasteiger partial charge on any atom is 0.189 e. The molecule has 0 amide bonds. The van der Waals surface area contributed by atoms with E-state index >= 15 is 0 Å². The van der Waals surface area contributed by atoms with Crippen LogP contribution >= 0.6 is 36.0 Å². The first-order valence-corrected chi connectivity index (χ1v) is 8.63. The average molecular weight is 357 g/mol. The molecule has 2 rings (SSSR count). The first-order chi connectivity index (χ1) is 10.5. The predicted molar refractivity (Wildman–Crippen MR) is 101 cm³/mol. The Morgan fingerprint density at radius 1 is 1.09 bits per heavy atom. The summed E-state index contributed by atoms with van der Waals surface area (Å²) in [5, 5.41) is 8.07. The minimum Gasteiger partial charge on any atom is -0.359 e. The third-order valence-electron chi connectivity index (χ3n) is 3.66. The number of rotatable bonds is 2. The summed E-state index contributed by atoms with van der Waals surface area (Å²) in [6.45, 7) is 1.96. The zero-order valence-electron chi connectivity index (χ0n) is 12.5. The SMILES string of the molecule is Cc1ccc(NC(=S)NNC(=S)NC2CCCCC2)cc1Cl. The van der Waals surface area contributed by atoms with Gasteiger partial charge in [-0.25, -0.2) is 0 Å². The van der Waals surface area contributed by atoms with Gasteiger partial charge in [-0.2, -0.15) is 0 Å². The van der Waals surface area contributed by atoms with E-state index < -0.39 is 0 Å². The van der Waals surface area contributed by atoms with Crippen LogP contribution in [-0.4, -0.2) is 16.3 Å². The Morgan fingerprint density at radius 2 is 1.77 bits per heavy atom. The summed E-state index contributed by atoms with van der Waals surface area (Å²) in [6, 6.07) is 6.17. The standard InChI is InChI=1S/C15H21ClN4S2/c1-10-7-8-12(9-13(10)16)18-15(22)20-19-14(21)17-11-5-3-2-4-6-11/h7-9,11H,2-6H2,1H3,(H2,17,19,21)(H2,18,20,22). The highest BCUT2D eigenvalue weighted by molar-refractivity contribution is 7.80. The van der Waals surface area contributed by atoms with E-state index in [1.165, 1.54) is 32.1 Å². The summed E-state index contributed by atoms with van der Waals surface area (Å²) in [5.41, 5.74) is 7.65. The summed E-state index contributed by atoms with van der Waals surface area (Å²) < 4.78 is 0. The molecule has 1 aliphatic rings. The van der Waals surface area contributed by atoms with Crippen molar-refractivity contribution >= 4 is 51.9 Å². The lowest BCUT2D eigenvalue weighted by Gasteiger charge is -2.24. The van der Waals surface area contributed by atoms with Gasteiger partial charge < -0.3 is 10.6 Å². The van der Waals surface area contributed by atoms with Gasteiger partial charge in [0.25, 0.3) is 0 Å². The molecule has 0 atom stereocenters. The zero-order chi connectivity index (χ0) is 15.9. The smallest absolute Gasteiger partial charge is 0.189 e. The monoisotopic (exact) mass is 356 g/mol. The Labute approximate surface area is 147 Å². The molecular weight excluding hydrogens is 336 g/mol. The van der Waals surface area contributed by atoms with Gasteiger partial charge in [-0.15, -0.1) is 0 Å². The highest BCUT2D eigenvalue weighted by Gasteiger charge is 2.13. The predicted octanol–water partition coefficient (Wildman–Crippen LogP) is 3.65. The maximum atomic E-state index is 6.08. The van der Waals surface area contributed by atoms with Crippen molar-refractivity contribution in [1.29, 1.82) is 0 Å². The first-order valence-electron chi connectivity index (χ1n) is 7.44. The van der Waals surface area contributed by atoms with Crippen LogP contribution in [0.4, 0.5) is 5.69 Å². The van der Waals surface area contributed by atoms with Crippen LogP contribution in [0.3, 0.4) is 0 Å². The van der Waals surface area contributed by atoms with Crippen LogP contribution < -0.4 is 21.5 Å². The number of hydrogen-bond donors (Lipinski definition) is 4. The number of benzene rings is 1. The molecule has 1 fully saturated rings. The van der Waals surface area contributed by atoms with Crippen LogP contribution in [-0.2, 0) is 0 Å². The lowest BCUT2D eigenvalue weighted by Crippen LogP contribution is -2.51. The van der Waals surface area contributed by atoms with E-state index in [2.05, 4.69) is 21.5 Å². The number of anilines is 1. The van der Waals surface area contributed by atoms with Gasteiger partial charge in [0.2, 0.25) is 0 Å². The number of aryl methyl sites for hydroxylation is 1. The Bertz CT molecular complexity index is 544. The normalized spacial score (nSPS) is 15.0. The zero-order valence-corrected chi connectivity index (χ0v) is 14.9. The number of hydrazine groups is 1. The quantitative estimate of drug-likeness (QED) is 0.479. The first kappa shape index (κ1) is 17.2. The van der Waals surface area contributed by atoms with Crippen LogP contribution in [0.15, 0.2) is 18.2 Å². The molecule has 0 bridgehead atoms. The van der Waals surface area contributed by atoms with Crippen LogP contribution in [0.5, 0.6) is 0 Å². The second kappa shape index (κ2) is 8.50. The molecule has 0 spiro atoms. The molecule has 1 aromatic rings. The molecule has 1 saturated carbocycles. The van der Waals surface area contributed by atoms with Gasteiger partial charge in [0.1, 0.15) is 0 Å². The number of halogens is 1. The minimum absolute atomic E-state index is 0.438. The van der Waals surface area contributed by atoms with Crippen molar-refractivity contribution in [2.24, 2.45) is 0 Å². The van der Waals surface area contributed by atoms with E-state index in [0.717, 1.165) is 11.3 Å². The Hall–Kier alpha value is -1.11. The Kier molecular flexibility index (Phi) is 6.67. The van der Waals surface area contributed by atoms with E-state index in [-0.39, 0.29) is 0 Å². The maximum absolute atomic E-state index is 6.08. The summed E-state index contributed by atoms with van der Waals surface area (Å²) in [5.74, 6) is 0. The number of nitrogens with one attached hydrogen (secondary N) is 4. The second-order valence-electron chi connectivity index (χ2n) is 5.48. The fraction of sp³-hybridized carbons (Fsp3) is 0.467. The minimum atomic E-state index is 0.438. The third-order valence-corrected chi connectivity index (χ3v) is 4.49. The molecule has 0 aromatic heterocycles. The summed E-state index contributed by atoms with van der Waals surface area (Å²) in [4.78, 5) is 0. The highest BCUT2D eigenvalue weighted by atomic mass is 35.5. The lowest BCUT2D eigenvalue weighted by molar-refractivity contribution is 0.411. The van der Waals surface area contributed by atoms with E-state index in [9.17, 15) is 0 Å². The van der Waals surface area contributed by atoms with Gasteiger partial charge in [-0.1, -0.05) is 36.9 Å². The van der Waals surface area contributed by atoms with Gasteiger partial charge in [-0.05, 0) is 61.9 Å². The largest absolute Gasteiger partial charge is 0.359 e. The second-order valence-corrected chi connectivity index (χ2v) is 6.70. The molecule has 120 valence electrons. The molecule has 1 aromatic carbocycles. The fourth-order valence-electron chi connectivity index (χ4n) is 2.41. The van der Waals surface area contributed by atoms with Crippen molar-refractivity contribution in [1.82, 2.24) is 16.2 Å². The van der Waals surface area contributed by atoms with Crippen LogP contribution in [0.25, 0.3) is 0 Å². The van der Waals surface area contributed by atoms with E-state index in [0.29, 0.717) is 21.3 Å². The van der Waals surface area contributed by atoms with Gasteiger partial charge in [-0.3, -0.25) is 10.9 Å². The summed E-state index contributed by atoms with van der Waals surface area (Å²) in [6.07, 6.45) is 6.20. The molecular formula is C15H21ClN4S2. The van der Waals surface area contributed by atoms with Crippen molar-refractivity contribution in [3.8, 4) is 0 Å². The van der Waals surface area contributed by atoms with Crippen LogP contribution in [0, 0.1) is 6.92 Å². The molecule has 0 saturated heterocycles. The molecule has 4 N–H and O–H groups in total. The molecule has 4 nitrogen and oxygen atoms in total. The fourth-order valence-corrected chi connectivity index (χ4v) is 2.98. The van der Waals surface area contributed by atoms with Crippen molar-refractivity contribution < 1.29 is 0 Å². The number of hydrogen-bond acceptors (Lipinski definition) is 2. The average Bonchev–Trinajstić information content (AvgIpc) is 2.50. The van der Waals surface area contributed by atoms with E-state index in [1.807, 2.05) is 25.1 Å². The van der Waals surface area contributed by atoms with E-state index in [1.54, 1.807) is 0 Å². The van der Waals surface area contributed by atoms with Crippen molar-refractivity contribution in [2.75, 3.05) is 5.32 Å². The number of thiocarbonyl (C=S) groups is 2. The molecule has 0 aliphatic heterocycles. The molecule has 0 radical (unpaired) electrons. The Balaban J connectivity index is 1.72. The molecule has 0 unspecified atom stereocenters. The summed E-state index contributed by atoms with van der Waals surface area (Å²) >= 11 is 16.6. The molecule has 7 heteroatoms. The van der Waals surface area contributed by atoms with Crippen LogP contribution in [0.1, 0.15) is 37.7 Å². The molecule has 22 heavy (non-hydrogen) atoms. The van der Waals surface area contributed by atoms with Crippen molar-refractivity contribution in [3.63, 3.8) is 0 Å². The topological polar surface area (TPSA) is 48.1 Å².